The molecule has 0 saturated heterocycles. The number of hydrogen-bond acceptors (Lipinski definition) is 0. The number of rotatable bonds is 20. The van der Waals surface area contributed by atoms with Gasteiger partial charge >= 0.3 is 0 Å². The normalized spacial score (nSPS) is 14.3. The highest BCUT2D eigenvalue weighted by Crippen LogP contribution is 2.29. The zero-order chi connectivity index (χ0) is 34.9. The molecular formula is C44H84. The van der Waals surface area contributed by atoms with Gasteiger partial charge in [0.2, 0.25) is 0 Å². The molecule has 0 aliphatic heterocycles. The van der Waals surface area contributed by atoms with Crippen LogP contribution < -0.4 is 0 Å². The van der Waals surface area contributed by atoms with Gasteiger partial charge in [0, 0.05) is 0 Å². The molecule has 0 aromatic rings. The molecule has 0 heterocycles. The number of allylic oxidation sites excluding steroid dienone is 10. The van der Waals surface area contributed by atoms with Crippen molar-refractivity contribution in [2.75, 3.05) is 0 Å². The molecule has 0 fully saturated rings. The summed E-state index contributed by atoms with van der Waals surface area (Å²) in [6, 6.07) is 0. The van der Waals surface area contributed by atoms with Crippen LogP contribution in [0.3, 0.4) is 0 Å². The third-order valence-electron chi connectivity index (χ3n) is 8.47. The Morgan fingerprint density at radius 3 is 1.80 bits per heavy atom. The summed E-state index contributed by atoms with van der Waals surface area (Å²) in [4.78, 5) is 0. The van der Waals surface area contributed by atoms with E-state index in [4.69, 9.17) is 0 Å². The molecule has 260 valence electrons. The Morgan fingerprint density at radius 2 is 1.36 bits per heavy atom. The minimum absolute atomic E-state index is 0.567. The first-order valence-corrected chi connectivity index (χ1v) is 18.8. The second-order valence-corrected chi connectivity index (χ2v) is 13.2. The zero-order valence-corrected chi connectivity index (χ0v) is 33.3. The summed E-state index contributed by atoms with van der Waals surface area (Å²) in [7, 11) is 0. The van der Waals surface area contributed by atoms with Gasteiger partial charge in [0.25, 0.3) is 0 Å². The van der Waals surface area contributed by atoms with Crippen LogP contribution in [0.25, 0.3) is 0 Å². The van der Waals surface area contributed by atoms with E-state index in [2.05, 4.69) is 127 Å². The van der Waals surface area contributed by atoms with Gasteiger partial charge in [0.1, 0.15) is 0 Å². The molecule has 0 N–H and O–H groups in total. The van der Waals surface area contributed by atoms with Crippen LogP contribution in [0.2, 0.25) is 0 Å². The quantitative estimate of drug-likeness (QED) is 0.0729. The van der Waals surface area contributed by atoms with Crippen molar-refractivity contribution in [2.45, 2.75) is 187 Å². The Morgan fingerprint density at radius 1 is 0.773 bits per heavy atom. The highest BCUT2D eigenvalue weighted by Gasteiger charge is 2.18. The second-order valence-electron chi connectivity index (χ2n) is 13.2. The highest BCUT2D eigenvalue weighted by molar-refractivity contribution is 5.31. The molecule has 0 rings (SSSR count). The van der Waals surface area contributed by atoms with E-state index in [0.29, 0.717) is 5.92 Å². The molecule has 0 aliphatic rings. The van der Waals surface area contributed by atoms with Gasteiger partial charge in [-0.3, -0.25) is 0 Å². The monoisotopic (exact) mass is 613 g/mol. The number of unbranched alkanes of at least 4 members (excludes halogenated alkanes) is 5. The van der Waals surface area contributed by atoms with Gasteiger partial charge in [0.05, 0.1) is 0 Å². The van der Waals surface area contributed by atoms with E-state index in [1.807, 2.05) is 19.9 Å². The largest absolute Gasteiger partial charge is 0.0999 e. The lowest BCUT2D eigenvalue weighted by Crippen LogP contribution is -2.14. The highest BCUT2D eigenvalue weighted by atomic mass is 14.2. The summed E-state index contributed by atoms with van der Waals surface area (Å²) in [5.74, 6) is 2.98. The first-order chi connectivity index (χ1) is 20.9. The molecule has 3 unspecified atom stereocenters. The smallest absolute Gasteiger partial charge is 0.0185 e. The van der Waals surface area contributed by atoms with Gasteiger partial charge in [-0.25, -0.2) is 0 Å². The van der Waals surface area contributed by atoms with Crippen molar-refractivity contribution in [1.29, 1.82) is 0 Å². The first-order valence-electron chi connectivity index (χ1n) is 18.8. The maximum atomic E-state index is 4.10. The topological polar surface area (TPSA) is 0 Å². The molecule has 0 bridgehead atoms. The summed E-state index contributed by atoms with van der Waals surface area (Å²) in [6.45, 7) is 41.1. The molecule has 0 amide bonds. The van der Waals surface area contributed by atoms with E-state index in [9.17, 15) is 0 Å². The Hall–Kier alpha value is -1.56. The molecule has 0 aromatic carbocycles. The molecular weight excluding hydrogens is 528 g/mol. The van der Waals surface area contributed by atoms with Gasteiger partial charge < -0.3 is 0 Å². The zero-order valence-electron chi connectivity index (χ0n) is 33.3. The van der Waals surface area contributed by atoms with Crippen LogP contribution in [0.15, 0.2) is 71.4 Å². The molecule has 0 saturated carbocycles. The van der Waals surface area contributed by atoms with Crippen molar-refractivity contribution < 1.29 is 0 Å². The van der Waals surface area contributed by atoms with Gasteiger partial charge in [-0.15, -0.1) is 0 Å². The molecule has 0 aromatic heterocycles. The van der Waals surface area contributed by atoms with Crippen LogP contribution in [0.1, 0.15) is 187 Å². The average molecular weight is 613 g/mol. The van der Waals surface area contributed by atoms with Gasteiger partial charge in [-0.1, -0.05) is 187 Å². The molecule has 0 aliphatic carbocycles. The fraction of sp³-hybridized carbons (Fsp3) is 0.727. The summed E-state index contributed by atoms with van der Waals surface area (Å²) in [5, 5.41) is 0. The van der Waals surface area contributed by atoms with Crippen LogP contribution in [0, 0.1) is 23.7 Å². The second kappa shape index (κ2) is 35.9. The Labute approximate surface area is 281 Å². The van der Waals surface area contributed by atoms with E-state index in [1.165, 1.54) is 105 Å². The van der Waals surface area contributed by atoms with E-state index in [0.717, 1.165) is 24.2 Å². The van der Waals surface area contributed by atoms with E-state index < -0.39 is 0 Å². The van der Waals surface area contributed by atoms with Crippen LogP contribution in [-0.4, -0.2) is 0 Å². The summed E-state index contributed by atoms with van der Waals surface area (Å²) in [6.07, 6.45) is 28.0. The van der Waals surface area contributed by atoms with Gasteiger partial charge in [0.15, 0.2) is 0 Å². The fourth-order valence-electron chi connectivity index (χ4n) is 5.32. The maximum absolute atomic E-state index is 4.10. The standard InChI is InChI=1S/C15H28.C14H28.C13H22.C2H6/c1-4-6-8-10-12-14-15(3)13-11-9-7-5-2;1-7-9-12(5)10-13(6)14(8-2)11(3)4;1-7-11(5)12(6)9-13(8-2)10(3)4;1-2/h10,12,14H,4-9,11,13H2,1-3H3;12-14H,3,7-10H2,1-2,4-6H3;8-10H,2,7H2,1,3-6H3;1-2H3/b12-10+,15-14+;;12-11+,13-9+;. The molecule has 0 heteroatoms. The average Bonchev–Trinajstić information content (AvgIpc) is 2.99. The number of hydrogen-bond donors (Lipinski definition) is 0. The van der Waals surface area contributed by atoms with Gasteiger partial charge in [-0.05, 0) is 95.5 Å². The minimum Gasteiger partial charge on any atom is -0.0999 e. The molecule has 0 nitrogen and oxygen atoms in total. The lowest BCUT2D eigenvalue weighted by atomic mass is 9.80. The first kappa shape index (κ1) is 49.3. The minimum atomic E-state index is 0.567. The predicted octanol–water partition coefficient (Wildman–Crippen LogP) is 16.2. The van der Waals surface area contributed by atoms with E-state index >= 15 is 0 Å². The SMILES string of the molecule is C=C(C)C(CC)C(C)CC(C)CCC.C=C/C(=C\C(C)=C(/C)CC)C(C)C.CC.CCCC/C=C/C=C(\C)CCCCCC. The fourth-order valence-corrected chi connectivity index (χ4v) is 5.32. The molecule has 44 heavy (non-hydrogen) atoms. The van der Waals surface area contributed by atoms with Crippen molar-refractivity contribution in [2.24, 2.45) is 23.7 Å². The third-order valence-corrected chi connectivity index (χ3v) is 8.47. The van der Waals surface area contributed by atoms with Crippen molar-refractivity contribution in [3.05, 3.63) is 71.4 Å². The summed E-state index contributed by atoms with van der Waals surface area (Å²) < 4.78 is 0. The third kappa shape index (κ3) is 31.9. The Balaban J connectivity index is -0.000000265. The van der Waals surface area contributed by atoms with Crippen LogP contribution >= 0.6 is 0 Å². The van der Waals surface area contributed by atoms with Crippen LogP contribution in [0.4, 0.5) is 0 Å². The Kier molecular flexibility index (Phi) is 40.3. The van der Waals surface area contributed by atoms with Crippen LogP contribution in [-0.2, 0) is 0 Å². The van der Waals surface area contributed by atoms with E-state index in [1.54, 1.807) is 0 Å². The van der Waals surface area contributed by atoms with Crippen molar-refractivity contribution >= 4 is 0 Å². The van der Waals surface area contributed by atoms with Crippen molar-refractivity contribution in [1.82, 2.24) is 0 Å². The van der Waals surface area contributed by atoms with E-state index in [-0.39, 0.29) is 0 Å². The van der Waals surface area contributed by atoms with Gasteiger partial charge in [-0.2, -0.15) is 0 Å². The molecule has 3 atom stereocenters. The lowest BCUT2D eigenvalue weighted by Gasteiger charge is -2.25. The summed E-state index contributed by atoms with van der Waals surface area (Å²) >= 11 is 0. The molecule has 0 spiro atoms. The van der Waals surface area contributed by atoms with Crippen molar-refractivity contribution in [3.63, 3.8) is 0 Å². The Bertz CT molecular complexity index is 766. The van der Waals surface area contributed by atoms with Crippen molar-refractivity contribution in [3.8, 4) is 0 Å². The maximum Gasteiger partial charge on any atom is -0.0185 e. The van der Waals surface area contributed by atoms with Crippen LogP contribution in [0.5, 0.6) is 0 Å². The molecule has 0 radical (unpaired) electrons. The summed E-state index contributed by atoms with van der Waals surface area (Å²) in [5.41, 5.74) is 7.05. The predicted molar refractivity (Wildman–Crippen MR) is 211 cm³/mol. The lowest BCUT2D eigenvalue weighted by molar-refractivity contribution is 0.311.